The van der Waals surface area contributed by atoms with Gasteiger partial charge < -0.3 is 9.55 Å². The molecular weight excluding hydrogens is 272 g/mol. The lowest BCUT2D eigenvalue weighted by atomic mass is 10.1. The van der Waals surface area contributed by atoms with E-state index in [1.165, 1.54) is 17.9 Å². The Hall–Kier alpha value is -0.450. The van der Waals surface area contributed by atoms with Crippen molar-refractivity contribution in [3.05, 3.63) is 28.0 Å². The van der Waals surface area contributed by atoms with Crippen molar-refractivity contribution in [3.63, 3.8) is 0 Å². The first-order chi connectivity index (χ1) is 8.25. The second-order valence-corrected chi connectivity index (χ2v) is 6.35. The first-order valence-corrected chi connectivity index (χ1v) is 7.64. The molecule has 0 spiro atoms. The third kappa shape index (κ3) is 2.14. The maximum absolute atomic E-state index is 6.27. The molecule has 2 aromatic rings. The number of thioether (sulfide) groups is 1. The lowest BCUT2D eigenvalue weighted by Gasteiger charge is -2.10. The second-order valence-electron chi connectivity index (χ2n) is 4.41. The lowest BCUT2D eigenvalue weighted by molar-refractivity contribution is 0.497. The summed E-state index contributed by atoms with van der Waals surface area (Å²) in [6.45, 7) is 0.982. The molecule has 3 rings (SSSR count). The fourth-order valence-corrected chi connectivity index (χ4v) is 4.16. The first-order valence-electron chi connectivity index (χ1n) is 5.70. The molecule has 17 heavy (non-hydrogen) atoms. The van der Waals surface area contributed by atoms with E-state index in [1.807, 2.05) is 30.0 Å². The summed E-state index contributed by atoms with van der Waals surface area (Å²) in [4.78, 5) is 3.23. The van der Waals surface area contributed by atoms with Gasteiger partial charge in [-0.05, 0) is 48.2 Å². The normalized spacial score (nSPS) is 20.2. The van der Waals surface area contributed by atoms with Crippen LogP contribution in [0.2, 0.25) is 5.02 Å². The van der Waals surface area contributed by atoms with E-state index >= 15 is 0 Å². The van der Waals surface area contributed by atoms with E-state index in [4.69, 9.17) is 23.8 Å². The van der Waals surface area contributed by atoms with Gasteiger partial charge in [0.05, 0.1) is 16.1 Å². The molecule has 1 fully saturated rings. The monoisotopic (exact) mass is 284 g/mol. The average molecular weight is 285 g/mol. The van der Waals surface area contributed by atoms with Gasteiger partial charge in [-0.25, -0.2) is 0 Å². The van der Waals surface area contributed by atoms with Crippen molar-refractivity contribution in [1.82, 2.24) is 9.55 Å². The summed E-state index contributed by atoms with van der Waals surface area (Å²) in [5.41, 5.74) is 2.09. The largest absolute Gasteiger partial charge is 0.331 e. The molecule has 2 heterocycles. The van der Waals surface area contributed by atoms with Crippen molar-refractivity contribution in [1.29, 1.82) is 0 Å². The summed E-state index contributed by atoms with van der Waals surface area (Å²) >= 11 is 13.7. The fourth-order valence-electron chi connectivity index (χ4n) is 2.33. The van der Waals surface area contributed by atoms with E-state index in [1.54, 1.807) is 0 Å². The molecular formula is C12H13ClN2S2. The number of halogens is 1. The molecule has 1 aliphatic heterocycles. The molecule has 1 saturated heterocycles. The molecule has 1 aromatic carbocycles. The van der Waals surface area contributed by atoms with Crippen molar-refractivity contribution in [3.8, 4) is 0 Å². The van der Waals surface area contributed by atoms with Crippen LogP contribution in [0.4, 0.5) is 0 Å². The Labute approximate surface area is 114 Å². The van der Waals surface area contributed by atoms with E-state index in [-0.39, 0.29) is 0 Å². The topological polar surface area (TPSA) is 20.7 Å². The van der Waals surface area contributed by atoms with E-state index < -0.39 is 0 Å². The van der Waals surface area contributed by atoms with Gasteiger partial charge in [-0.2, -0.15) is 11.8 Å². The molecule has 0 bridgehead atoms. The number of nitrogens with zero attached hydrogens (tertiary/aromatic N) is 1. The molecule has 2 nitrogen and oxygen atoms in total. The van der Waals surface area contributed by atoms with Gasteiger partial charge in [-0.15, -0.1) is 0 Å². The fraction of sp³-hybridized carbons (Fsp3) is 0.417. The van der Waals surface area contributed by atoms with Gasteiger partial charge in [0, 0.05) is 6.54 Å². The van der Waals surface area contributed by atoms with Crippen LogP contribution >= 0.6 is 35.6 Å². The minimum Gasteiger partial charge on any atom is -0.331 e. The smallest absolute Gasteiger partial charge is 0.178 e. The van der Waals surface area contributed by atoms with Crippen LogP contribution in [0.15, 0.2) is 18.2 Å². The van der Waals surface area contributed by atoms with E-state index in [2.05, 4.69) is 9.55 Å². The van der Waals surface area contributed by atoms with Crippen LogP contribution in [-0.4, -0.2) is 21.1 Å². The number of benzene rings is 1. The first kappa shape index (κ1) is 11.6. The number of aromatic amines is 1. The lowest BCUT2D eigenvalue weighted by Crippen LogP contribution is -2.10. The van der Waals surface area contributed by atoms with Crippen molar-refractivity contribution in [2.45, 2.75) is 13.0 Å². The van der Waals surface area contributed by atoms with Crippen LogP contribution in [0.25, 0.3) is 11.0 Å². The van der Waals surface area contributed by atoms with Crippen LogP contribution in [0.1, 0.15) is 6.42 Å². The highest BCUT2D eigenvalue weighted by Gasteiger charge is 2.18. The molecule has 5 heteroatoms. The number of hydrogen-bond acceptors (Lipinski definition) is 2. The van der Waals surface area contributed by atoms with Gasteiger partial charge in [0.1, 0.15) is 0 Å². The Morgan fingerprint density at radius 3 is 3.18 bits per heavy atom. The highest BCUT2D eigenvalue weighted by Crippen LogP contribution is 2.28. The molecule has 1 unspecified atom stereocenters. The summed E-state index contributed by atoms with van der Waals surface area (Å²) in [7, 11) is 0. The molecule has 90 valence electrons. The van der Waals surface area contributed by atoms with Gasteiger partial charge >= 0.3 is 0 Å². The van der Waals surface area contributed by atoms with E-state index in [9.17, 15) is 0 Å². The summed E-state index contributed by atoms with van der Waals surface area (Å²) in [5, 5.41) is 0.778. The number of H-pyrrole nitrogens is 1. The number of hydrogen-bond donors (Lipinski definition) is 1. The number of aromatic nitrogens is 2. The minimum absolute atomic E-state index is 0.724. The standard InChI is InChI=1S/C12H13ClN2S2/c13-9-2-1-3-10-11(9)15(12(16)14-10)6-8-4-5-17-7-8/h1-3,8H,4-7H2,(H,14,16). The summed E-state index contributed by atoms with van der Waals surface area (Å²) in [5.74, 6) is 3.23. The Morgan fingerprint density at radius 1 is 1.53 bits per heavy atom. The quantitative estimate of drug-likeness (QED) is 0.838. The summed E-state index contributed by atoms with van der Waals surface area (Å²) in [6, 6.07) is 5.90. The van der Waals surface area contributed by atoms with Crippen LogP contribution < -0.4 is 0 Å². The third-order valence-electron chi connectivity index (χ3n) is 3.21. The second kappa shape index (κ2) is 4.67. The zero-order valence-corrected chi connectivity index (χ0v) is 11.7. The van der Waals surface area contributed by atoms with Gasteiger partial charge in [0.15, 0.2) is 4.77 Å². The Balaban J connectivity index is 2.08. The van der Waals surface area contributed by atoms with Crippen molar-refractivity contribution in [2.75, 3.05) is 11.5 Å². The molecule has 0 amide bonds. The number of imidazole rings is 1. The van der Waals surface area contributed by atoms with E-state index in [0.29, 0.717) is 0 Å². The van der Waals surface area contributed by atoms with Crippen molar-refractivity contribution >= 4 is 46.6 Å². The maximum Gasteiger partial charge on any atom is 0.178 e. The Bertz CT molecular complexity index is 596. The molecule has 0 saturated carbocycles. The predicted molar refractivity (Wildman–Crippen MR) is 77.6 cm³/mol. The number of nitrogens with one attached hydrogen (secondary N) is 1. The highest BCUT2D eigenvalue weighted by molar-refractivity contribution is 7.99. The number of fused-ring (bicyclic) bond motifs is 1. The Morgan fingerprint density at radius 2 is 2.41 bits per heavy atom. The van der Waals surface area contributed by atoms with E-state index in [0.717, 1.165) is 33.3 Å². The third-order valence-corrected chi connectivity index (χ3v) is 5.07. The number of para-hydroxylation sites is 1. The molecule has 1 atom stereocenters. The van der Waals surface area contributed by atoms with Crippen molar-refractivity contribution in [2.24, 2.45) is 5.92 Å². The zero-order valence-electron chi connectivity index (χ0n) is 9.28. The van der Waals surface area contributed by atoms with Crippen LogP contribution in [-0.2, 0) is 6.54 Å². The minimum atomic E-state index is 0.724. The molecule has 1 aliphatic rings. The van der Waals surface area contributed by atoms with Gasteiger partial charge in [0.25, 0.3) is 0 Å². The molecule has 0 radical (unpaired) electrons. The molecule has 1 N–H and O–H groups in total. The van der Waals surface area contributed by atoms with Gasteiger partial charge in [0.2, 0.25) is 0 Å². The van der Waals surface area contributed by atoms with Crippen LogP contribution in [0.3, 0.4) is 0 Å². The zero-order chi connectivity index (χ0) is 11.8. The van der Waals surface area contributed by atoms with Gasteiger partial charge in [-0.1, -0.05) is 17.7 Å². The predicted octanol–water partition coefficient (Wildman–Crippen LogP) is 4.11. The average Bonchev–Trinajstić information content (AvgIpc) is 2.89. The van der Waals surface area contributed by atoms with Crippen molar-refractivity contribution < 1.29 is 0 Å². The Kier molecular flexibility index (Phi) is 3.19. The summed E-state index contributed by atoms with van der Waals surface area (Å²) < 4.78 is 2.94. The molecule has 0 aliphatic carbocycles. The van der Waals surface area contributed by atoms with Gasteiger partial charge in [-0.3, -0.25) is 0 Å². The SMILES string of the molecule is S=c1[nH]c2cccc(Cl)c2n1CC1CCSC1. The highest BCUT2D eigenvalue weighted by atomic mass is 35.5. The summed E-state index contributed by atoms with van der Waals surface area (Å²) in [6.07, 6.45) is 1.28. The molecule has 1 aromatic heterocycles. The van der Waals surface area contributed by atoms with Crippen LogP contribution in [0, 0.1) is 10.7 Å². The maximum atomic E-state index is 6.27. The number of rotatable bonds is 2. The van der Waals surface area contributed by atoms with Crippen LogP contribution in [0.5, 0.6) is 0 Å².